The van der Waals surface area contributed by atoms with Gasteiger partial charge >= 0.3 is 0 Å². The second-order valence-electron chi connectivity index (χ2n) is 4.48. The van der Waals surface area contributed by atoms with Crippen molar-refractivity contribution >= 4 is 5.69 Å². The van der Waals surface area contributed by atoms with E-state index in [-0.39, 0.29) is 13.4 Å². The van der Waals surface area contributed by atoms with E-state index in [9.17, 15) is 0 Å². The van der Waals surface area contributed by atoms with Crippen LogP contribution in [0, 0.1) is 11.3 Å². The van der Waals surface area contributed by atoms with Crippen LogP contribution >= 0.6 is 0 Å². The zero-order valence-corrected chi connectivity index (χ0v) is 11.3. The number of rotatable bonds is 5. The molecule has 0 bridgehead atoms. The van der Waals surface area contributed by atoms with Crippen LogP contribution in [0.25, 0.3) is 0 Å². The minimum atomic E-state index is 0.0427. The van der Waals surface area contributed by atoms with Crippen LogP contribution in [0.4, 0.5) is 5.69 Å². The summed E-state index contributed by atoms with van der Waals surface area (Å²) in [4.78, 5) is 0. The highest BCUT2D eigenvalue weighted by molar-refractivity contribution is 5.56. The van der Waals surface area contributed by atoms with Crippen molar-refractivity contribution < 1.29 is 14.2 Å². The number of fused-ring (bicyclic) bond motifs is 1. The number of anilines is 1. The predicted molar refractivity (Wildman–Crippen MR) is 77.4 cm³/mol. The second kappa shape index (κ2) is 6.06. The maximum Gasteiger partial charge on any atom is 0.231 e. The molecule has 1 N–H and O–H groups in total. The molecule has 0 unspecified atom stereocenters. The van der Waals surface area contributed by atoms with Crippen molar-refractivity contribution in [2.24, 2.45) is 0 Å². The van der Waals surface area contributed by atoms with Gasteiger partial charge in [-0.15, -0.1) is 0 Å². The first-order chi connectivity index (χ1) is 10.4. The molecule has 5 heteroatoms. The van der Waals surface area contributed by atoms with Crippen LogP contribution in [-0.2, 0) is 6.54 Å². The summed E-state index contributed by atoms with van der Waals surface area (Å²) in [7, 11) is 0. The molecule has 1 aliphatic rings. The highest BCUT2D eigenvalue weighted by atomic mass is 16.7. The second-order valence-corrected chi connectivity index (χ2v) is 4.48. The van der Waals surface area contributed by atoms with Gasteiger partial charge in [-0.05, 0) is 18.2 Å². The topological polar surface area (TPSA) is 63.5 Å². The average Bonchev–Trinajstić information content (AvgIpc) is 2.99. The largest absolute Gasteiger partial charge is 0.478 e. The number of hydrogen-bond donors (Lipinski definition) is 1. The van der Waals surface area contributed by atoms with Crippen molar-refractivity contribution in [3.63, 3.8) is 0 Å². The third-order valence-corrected chi connectivity index (χ3v) is 3.12. The molecular weight excluding hydrogens is 268 g/mol. The molecule has 0 radical (unpaired) electrons. The summed E-state index contributed by atoms with van der Waals surface area (Å²) >= 11 is 0. The Bertz CT molecular complexity index is 679. The van der Waals surface area contributed by atoms with E-state index in [1.165, 1.54) is 0 Å². The molecule has 0 fully saturated rings. The molecule has 0 atom stereocenters. The highest BCUT2D eigenvalue weighted by Gasteiger charge is 2.13. The van der Waals surface area contributed by atoms with Crippen molar-refractivity contribution in [1.82, 2.24) is 0 Å². The lowest BCUT2D eigenvalue weighted by Gasteiger charge is -2.11. The van der Waals surface area contributed by atoms with Gasteiger partial charge in [0, 0.05) is 23.9 Å². The number of nitrogens with zero attached hydrogens (tertiary/aromatic N) is 1. The number of para-hydroxylation sites is 1. The van der Waals surface area contributed by atoms with E-state index in [0.29, 0.717) is 12.3 Å². The molecule has 1 aliphatic heterocycles. The van der Waals surface area contributed by atoms with Crippen molar-refractivity contribution in [2.45, 2.75) is 6.54 Å². The van der Waals surface area contributed by atoms with E-state index in [1.807, 2.05) is 48.5 Å². The Hall–Kier alpha value is -2.87. The number of nitriles is 1. The summed E-state index contributed by atoms with van der Waals surface area (Å²) in [6.07, 6.45) is 0. The Morgan fingerprint density at radius 1 is 1.14 bits per heavy atom. The third-order valence-electron chi connectivity index (χ3n) is 3.12. The normalized spacial score (nSPS) is 11.8. The number of benzene rings is 2. The Labute approximate surface area is 122 Å². The maximum atomic E-state index is 8.60. The van der Waals surface area contributed by atoms with Gasteiger partial charge in [0.05, 0.1) is 0 Å². The van der Waals surface area contributed by atoms with Gasteiger partial charge in [-0.25, -0.2) is 0 Å². The Balaban J connectivity index is 1.69. The zero-order chi connectivity index (χ0) is 14.5. The molecule has 0 saturated carbocycles. The lowest BCUT2D eigenvalue weighted by atomic mass is 10.2. The van der Waals surface area contributed by atoms with Crippen molar-refractivity contribution in [3.8, 4) is 23.3 Å². The molecule has 1 heterocycles. The SMILES string of the molecule is N#CCOc1ccccc1CNc1ccc2c(c1)OCO2. The first-order valence-corrected chi connectivity index (χ1v) is 6.58. The van der Waals surface area contributed by atoms with Crippen LogP contribution in [-0.4, -0.2) is 13.4 Å². The summed E-state index contributed by atoms with van der Waals surface area (Å²) in [5.41, 5.74) is 1.93. The predicted octanol–water partition coefficient (Wildman–Crippen LogP) is 2.93. The lowest BCUT2D eigenvalue weighted by Crippen LogP contribution is -2.03. The van der Waals surface area contributed by atoms with E-state index in [1.54, 1.807) is 0 Å². The first-order valence-electron chi connectivity index (χ1n) is 6.58. The van der Waals surface area contributed by atoms with Crippen molar-refractivity contribution in [1.29, 1.82) is 5.26 Å². The summed E-state index contributed by atoms with van der Waals surface area (Å²) in [5, 5.41) is 11.9. The van der Waals surface area contributed by atoms with Crippen LogP contribution in [0.3, 0.4) is 0 Å². The van der Waals surface area contributed by atoms with Crippen LogP contribution in [0.5, 0.6) is 17.2 Å². The molecule has 0 aliphatic carbocycles. The zero-order valence-electron chi connectivity index (χ0n) is 11.3. The van der Waals surface area contributed by atoms with Gasteiger partial charge in [-0.2, -0.15) is 5.26 Å². The van der Waals surface area contributed by atoms with Gasteiger partial charge in [0.1, 0.15) is 11.8 Å². The van der Waals surface area contributed by atoms with Crippen molar-refractivity contribution in [3.05, 3.63) is 48.0 Å². The summed E-state index contributed by atoms with van der Waals surface area (Å²) in [5.74, 6) is 2.22. The monoisotopic (exact) mass is 282 g/mol. The molecule has 5 nitrogen and oxygen atoms in total. The van der Waals surface area contributed by atoms with Crippen LogP contribution in [0.2, 0.25) is 0 Å². The molecule has 0 spiro atoms. The standard InChI is InChI=1S/C16H14N2O3/c17-7-8-19-14-4-2-1-3-12(14)10-18-13-5-6-15-16(9-13)21-11-20-15/h1-6,9,18H,8,10-11H2. The molecule has 0 amide bonds. The van der Waals surface area contributed by atoms with Gasteiger partial charge in [0.2, 0.25) is 6.79 Å². The molecule has 2 aromatic carbocycles. The summed E-state index contributed by atoms with van der Waals surface area (Å²) in [6, 6.07) is 15.3. The van der Waals surface area contributed by atoms with Crippen LogP contribution < -0.4 is 19.5 Å². The number of ether oxygens (including phenoxy) is 3. The van der Waals surface area contributed by atoms with E-state index in [0.717, 1.165) is 22.7 Å². The van der Waals surface area contributed by atoms with Crippen LogP contribution in [0.15, 0.2) is 42.5 Å². The van der Waals surface area contributed by atoms with Crippen LogP contribution in [0.1, 0.15) is 5.56 Å². The molecule has 2 aromatic rings. The maximum absolute atomic E-state index is 8.60. The quantitative estimate of drug-likeness (QED) is 0.913. The average molecular weight is 282 g/mol. The van der Waals surface area contributed by atoms with Gasteiger partial charge < -0.3 is 19.5 Å². The molecule has 21 heavy (non-hydrogen) atoms. The highest BCUT2D eigenvalue weighted by Crippen LogP contribution is 2.34. The fraction of sp³-hybridized carbons (Fsp3) is 0.188. The molecule has 0 aromatic heterocycles. The third kappa shape index (κ3) is 3.00. The Morgan fingerprint density at radius 3 is 2.90 bits per heavy atom. The van der Waals surface area contributed by atoms with Gasteiger partial charge in [0.15, 0.2) is 18.1 Å². The molecule has 0 saturated heterocycles. The molecule has 3 rings (SSSR count). The molecule has 106 valence electrons. The van der Waals surface area contributed by atoms with Gasteiger partial charge in [0.25, 0.3) is 0 Å². The fourth-order valence-electron chi connectivity index (χ4n) is 2.10. The van der Waals surface area contributed by atoms with Gasteiger partial charge in [-0.3, -0.25) is 0 Å². The smallest absolute Gasteiger partial charge is 0.231 e. The van der Waals surface area contributed by atoms with E-state index >= 15 is 0 Å². The first kappa shape index (κ1) is 13.1. The number of hydrogen-bond acceptors (Lipinski definition) is 5. The molecular formula is C16H14N2O3. The van der Waals surface area contributed by atoms with E-state index in [4.69, 9.17) is 19.5 Å². The minimum absolute atomic E-state index is 0.0427. The van der Waals surface area contributed by atoms with E-state index < -0.39 is 0 Å². The minimum Gasteiger partial charge on any atom is -0.478 e. The van der Waals surface area contributed by atoms with Crippen molar-refractivity contribution in [2.75, 3.05) is 18.7 Å². The Morgan fingerprint density at radius 2 is 2.00 bits per heavy atom. The van der Waals surface area contributed by atoms with E-state index in [2.05, 4.69) is 5.32 Å². The number of nitrogens with one attached hydrogen (secondary N) is 1. The van der Waals surface area contributed by atoms with Gasteiger partial charge in [-0.1, -0.05) is 18.2 Å². The summed E-state index contributed by atoms with van der Waals surface area (Å²) in [6.45, 7) is 0.909. The fourth-order valence-corrected chi connectivity index (χ4v) is 2.10. The Kier molecular flexibility index (Phi) is 3.79. The summed E-state index contributed by atoms with van der Waals surface area (Å²) < 4.78 is 16.0. The lowest BCUT2D eigenvalue weighted by molar-refractivity contribution is 0.174.